The van der Waals surface area contributed by atoms with Crippen LogP contribution >= 0.6 is 0 Å². The standard InChI is InChI=1S/C21H17N3O3/c1-15-12-17(23-27-15)14-26-21(25)19-13-24(18-10-6-3-7-11-18)22-20(19)16-8-4-2-5-9-16/h2-13H,14H2,1H3. The predicted octanol–water partition coefficient (Wildman–Crippen LogP) is 4.19. The van der Waals surface area contributed by atoms with E-state index in [1.54, 1.807) is 23.9 Å². The molecule has 0 spiro atoms. The Hall–Kier alpha value is -3.67. The molecule has 6 heteroatoms. The van der Waals surface area contributed by atoms with Gasteiger partial charge in [0, 0.05) is 17.8 Å². The zero-order valence-electron chi connectivity index (χ0n) is 14.7. The molecular weight excluding hydrogens is 342 g/mol. The Morgan fingerprint density at radius 1 is 1.07 bits per heavy atom. The van der Waals surface area contributed by atoms with E-state index in [-0.39, 0.29) is 6.61 Å². The number of esters is 1. The van der Waals surface area contributed by atoms with Crippen LogP contribution < -0.4 is 0 Å². The number of hydrogen-bond acceptors (Lipinski definition) is 5. The van der Waals surface area contributed by atoms with Crippen LogP contribution in [0.3, 0.4) is 0 Å². The highest BCUT2D eigenvalue weighted by atomic mass is 16.5. The summed E-state index contributed by atoms with van der Waals surface area (Å²) in [6.07, 6.45) is 1.69. The van der Waals surface area contributed by atoms with Crippen molar-refractivity contribution in [3.63, 3.8) is 0 Å². The number of hydrogen-bond donors (Lipinski definition) is 0. The second-order valence-electron chi connectivity index (χ2n) is 6.04. The number of aromatic nitrogens is 3. The maximum Gasteiger partial charge on any atom is 0.342 e. The number of para-hydroxylation sites is 1. The van der Waals surface area contributed by atoms with Gasteiger partial charge in [0.1, 0.15) is 29.3 Å². The number of ether oxygens (including phenoxy) is 1. The fourth-order valence-corrected chi connectivity index (χ4v) is 2.75. The summed E-state index contributed by atoms with van der Waals surface area (Å²) in [5, 5.41) is 8.45. The lowest BCUT2D eigenvalue weighted by Gasteiger charge is -2.03. The molecule has 4 rings (SSSR count). The topological polar surface area (TPSA) is 70.2 Å². The molecule has 0 aliphatic carbocycles. The number of aryl methyl sites for hydroxylation is 1. The van der Waals surface area contributed by atoms with E-state index in [0.717, 1.165) is 11.3 Å². The summed E-state index contributed by atoms with van der Waals surface area (Å²) in [5.74, 6) is 0.208. The van der Waals surface area contributed by atoms with Crippen molar-refractivity contribution in [1.82, 2.24) is 14.9 Å². The van der Waals surface area contributed by atoms with E-state index in [0.29, 0.717) is 22.7 Å². The van der Waals surface area contributed by atoms with Crippen molar-refractivity contribution in [3.05, 3.63) is 89.9 Å². The lowest BCUT2D eigenvalue weighted by atomic mass is 10.1. The van der Waals surface area contributed by atoms with Gasteiger partial charge in [0.2, 0.25) is 0 Å². The van der Waals surface area contributed by atoms with Crippen molar-refractivity contribution >= 4 is 5.97 Å². The maximum absolute atomic E-state index is 12.7. The average Bonchev–Trinajstić information content (AvgIpc) is 3.34. The van der Waals surface area contributed by atoms with Crippen LogP contribution in [0.4, 0.5) is 0 Å². The van der Waals surface area contributed by atoms with Crippen LogP contribution in [0.5, 0.6) is 0 Å². The molecule has 0 fully saturated rings. The van der Waals surface area contributed by atoms with Gasteiger partial charge >= 0.3 is 5.97 Å². The van der Waals surface area contributed by atoms with E-state index < -0.39 is 5.97 Å². The molecule has 0 aliphatic rings. The lowest BCUT2D eigenvalue weighted by molar-refractivity contribution is 0.0465. The molecule has 6 nitrogen and oxygen atoms in total. The van der Waals surface area contributed by atoms with Crippen molar-refractivity contribution in [2.24, 2.45) is 0 Å². The summed E-state index contributed by atoms with van der Waals surface area (Å²) in [7, 11) is 0. The van der Waals surface area contributed by atoms with E-state index >= 15 is 0 Å². The monoisotopic (exact) mass is 359 g/mol. The molecule has 0 saturated heterocycles. The molecule has 4 aromatic rings. The summed E-state index contributed by atoms with van der Waals surface area (Å²) in [4.78, 5) is 12.7. The molecule has 27 heavy (non-hydrogen) atoms. The largest absolute Gasteiger partial charge is 0.455 e. The zero-order chi connectivity index (χ0) is 18.6. The summed E-state index contributed by atoms with van der Waals surface area (Å²) >= 11 is 0. The third-order valence-corrected chi connectivity index (χ3v) is 4.03. The third kappa shape index (κ3) is 3.64. The van der Waals surface area contributed by atoms with E-state index in [2.05, 4.69) is 10.3 Å². The molecule has 0 amide bonds. The van der Waals surface area contributed by atoms with Gasteiger partial charge in [0.15, 0.2) is 0 Å². The SMILES string of the molecule is Cc1cc(COC(=O)c2cn(-c3ccccc3)nc2-c2ccccc2)no1. The van der Waals surface area contributed by atoms with Gasteiger partial charge in [0.25, 0.3) is 0 Å². The first-order valence-electron chi connectivity index (χ1n) is 8.50. The third-order valence-electron chi connectivity index (χ3n) is 4.03. The van der Waals surface area contributed by atoms with Crippen molar-refractivity contribution < 1.29 is 14.1 Å². The molecule has 0 aliphatic heterocycles. The Bertz CT molecular complexity index is 1050. The van der Waals surface area contributed by atoms with Gasteiger partial charge in [-0.05, 0) is 19.1 Å². The smallest absolute Gasteiger partial charge is 0.342 e. The summed E-state index contributed by atoms with van der Waals surface area (Å²) < 4.78 is 12.1. The van der Waals surface area contributed by atoms with Gasteiger partial charge in [0.05, 0.1) is 5.69 Å². The van der Waals surface area contributed by atoms with E-state index in [9.17, 15) is 4.79 Å². The van der Waals surface area contributed by atoms with E-state index in [4.69, 9.17) is 9.26 Å². The van der Waals surface area contributed by atoms with E-state index in [1.165, 1.54) is 0 Å². The Balaban J connectivity index is 1.67. The van der Waals surface area contributed by atoms with Crippen LogP contribution in [-0.2, 0) is 11.3 Å². The summed E-state index contributed by atoms with van der Waals surface area (Å²) in [5.41, 5.74) is 3.24. The molecular formula is C21H17N3O3. The average molecular weight is 359 g/mol. The van der Waals surface area contributed by atoms with Gasteiger partial charge < -0.3 is 9.26 Å². The summed E-state index contributed by atoms with van der Waals surface area (Å²) in [6.45, 7) is 1.83. The van der Waals surface area contributed by atoms with Crippen LogP contribution in [0.1, 0.15) is 21.8 Å². The van der Waals surface area contributed by atoms with Gasteiger partial charge in [-0.15, -0.1) is 0 Å². The lowest BCUT2D eigenvalue weighted by Crippen LogP contribution is -2.06. The van der Waals surface area contributed by atoms with Crippen LogP contribution in [0, 0.1) is 6.92 Å². The van der Waals surface area contributed by atoms with Crippen LogP contribution in [0.15, 0.2) is 77.4 Å². The first-order chi connectivity index (χ1) is 13.2. The predicted molar refractivity (Wildman–Crippen MR) is 99.4 cm³/mol. The Morgan fingerprint density at radius 2 is 1.78 bits per heavy atom. The second kappa shape index (κ2) is 7.29. The molecule has 0 N–H and O–H groups in total. The molecule has 0 saturated carbocycles. The number of rotatable bonds is 5. The molecule has 2 heterocycles. The number of nitrogens with zero attached hydrogens (tertiary/aromatic N) is 3. The first-order valence-corrected chi connectivity index (χ1v) is 8.50. The molecule has 0 bridgehead atoms. The first kappa shape index (κ1) is 16.8. The minimum absolute atomic E-state index is 0.0426. The quantitative estimate of drug-likeness (QED) is 0.500. The molecule has 0 radical (unpaired) electrons. The molecule has 134 valence electrons. The van der Waals surface area contributed by atoms with Gasteiger partial charge in [-0.3, -0.25) is 0 Å². The Kier molecular flexibility index (Phi) is 4.53. The van der Waals surface area contributed by atoms with Crippen LogP contribution in [0.2, 0.25) is 0 Å². The fraction of sp³-hybridized carbons (Fsp3) is 0.0952. The van der Waals surface area contributed by atoms with Crippen LogP contribution in [-0.4, -0.2) is 20.9 Å². The maximum atomic E-state index is 12.7. The molecule has 2 aromatic carbocycles. The minimum atomic E-state index is -0.461. The summed E-state index contributed by atoms with van der Waals surface area (Å²) in [6, 6.07) is 20.9. The van der Waals surface area contributed by atoms with Gasteiger partial charge in [-0.25, -0.2) is 9.48 Å². The molecule has 0 unspecified atom stereocenters. The van der Waals surface area contributed by atoms with E-state index in [1.807, 2.05) is 60.7 Å². The Labute approximate surface area is 156 Å². The number of benzene rings is 2. The van der Waals surface area contributed by atoms with Crippen molar-refractivity contribution in [3.8, 4) is 16.9 Å². The van der Waals surface area contributed by atoms with Gasteiger partial charge in [-0.2, -0.15) is 5.10 Å². The molecule has 2 aromatic heterocycles. The zero-order valence-corrected chi connectivity index (χ0v) is 14.7. The fourth-order valence-electron chi connectivity index (χ4n) is 2.75. The van der Waals surface area contributed by atoms with Crippen molar-refractivity contribution in [2.75, 3.05) is 0 Å². The highest BCUT2D eigenvalue weighted by molar-refractivity contribution is 5.96. The highest BCUT2D eigenvalue weighted by Gasteiger charge is 2.20. The van der Waals surface area contributed by atoms with Crippen LogP contribution in [0.25, 0.3) is 16.9 Å². The number of carbonyl (C=O) groups is 1. The normalized spacial score (nSPS) is 10.7. The second-order valence-corrected chi connectivity index (χ2v) is 6.04. The Morgan fingerprint density at radius 3 is 2.44 bits per heavy atom. The molecule has 0 atom stereocenters. The number of carbonyl (C=O) groups excluding carboxylic acids is 1. The van der Waals surface area contributed by atoms with Crippen molar-refractivity contribution in [2.45, 2.75) is 13.5 Å². The minimum Gasteiger partial charge on any atom is -0.455 e. The van der Waals surface area contributed by atoms with Gasteiger partial charge in [-0.1, -0.05) is 53.7 Å². The van der Waals surface area contributed by atoms with Crippen molar-refractivity contribution in [1.29, 1.82) is 0 Å². The highest BCUT2D eigenvalue weighted by Crippen LogP contribution is 2.24.